The van der Waals surface area contributed by atoms with Crippen LogP contribution in [0.15, 0.2) is 35.0 Å². The topological polar surface area (TPSA) is 32.3 Å². The second kappa shape index (κ2) is 6.58. The molecule has 0 atom stereocenters. The van der Waals surface area contributed by atoms with E-state index in [2.05, 4.69) is 5.32 Å². The van der Waals surface area contributed by atoms with Gasteiger partial charge in [-0.25, -0.2) is 4.79 Å². The lowest BCUT2D eigenvalue weighted by molar-refractivity contribution is -0.137. The Morgan fingerprint density at radius 1 is 1.36 bits per heavy atom. The minimum atomic E-state index is -4.49. The molecular weight excluding hydrogens is 337 g/mol. The normalized spacial score (nSPS) is 11.3. The van der Waals surface area contributed by atoms with Crippen LogP contribution in [0.25, 0.3) is 0 Å². The number of anilines is 1. The van der Waals surface area contributed by atoms with E-state index in [1.165, 1.54) is 16.2 Å². The van der Waals surface area contributed by atoms with Gasteiger partial charge in [-0.05, 0) is 40.6 Å². The van der Waals surface area contributed by atoms with Gasteiger partial charge in [-0.2, -0.15) is 24.5 Å². The Morgan fingerprint density at radius 3 is 2.68 bits per heavy atom. The van der Waals surface area contributed by atoms with Crippen LogP contribution in [0.4, 0.5) is 23.7 Å². The number of hydrogen-bond acceptors (Lipinski definition) is 2. The molecule has 0 unspecified atom stereocenters. The van der Waals surface area contributed by atoms with Crippen LogP contribution >= 0.6 is 22.9 Å². The molecule has 2 aromatic rings. The van der Waals surface area contributed by atoms with Crippen LogP contribution in [-0.4, -0.2) is 18.0 Å². The van der Waals surface area contributed by atoms with Crippen molar-refractivity contribution in [1.29, 1.82) is 0 Å². The molecule has 0 spiro atoms. The second-order valence-electron chi connectivity index (χ2n) is 4.61. The first-order valence-corrected chi connectivity index (χ1v) is 7.49. The molecule has 2 amide bonds. The van der Waals surface area contributed by atoms with E-state index in [-0.39, 0.29) is 10.7 Å². The second-order valence-corrected chi connectivity index (χ2v) is 5.80. The van der Waals surface area contributed by atoms with Gasteiger partial charge in [0.15, 0.2) is 0 Å². The van der Waals surface area contributed by atoms with Crippen LogP contribution in [0.1, 0.15) is 11.1 Å². The van der Waals surface area contributed by atoms with Crippen LogP contribution in [0.2, 0.25) is 5.02 Å². The first-order valence-electron chi connectivity index (χ1n) is 6.17. The molecule has 2 rings (SSSR count). The Labute approximate surface area is 134 Å². The van der Waals surface area contributed by atoms with E-state index >= 15 is 0 Å². The van der Waals surface area contributed by atoms with Crippen molar-refractivity contribution in [2.24, 2.45) is 0 Å². The standard InChI is InChI=1S/C14H12ClF3N2OS/c1-20(7-9-4-5-22-8-9)13(21)19-12-6-10(14(16,17)18)2-3-11(12)15/h2-6,8H,7H2,1H3,(H,19,21). The van der Waals surface area contributed by atoms with E-state index < -0.39 is 17.8 Å². The van der Waals surface area contributed by atoms with Crippen molar-refractivity contribution < 1.29 is 18.0 Å². The van der Waals surface area contributed by atoms with Gasteiger partial charge in [-0.15, -0.1) is 0 Å². The molecule has 1 aromatic heterocycles. The number of amides is 2. The van der Waals surface area contributed by atoms with Crippen molar-refractivity contribution in [2.75, 3.05) is 12.4 Å². The van der Waals surface area contributed by atoms with Gasteiger partial charge in [0.05, 0.1) is 16.3 Å². The Balaban J connectivity index is 2.10. The highest BCUT2D eigenvalue weighted by Gasteiger charge is 2.31. The van der Waals surface area contributed by atoms with E-state index in [4.69, 9.17) is 11.6 Å². The fraction of sp³-hybridized carbons (Fsp3) is 0.214. The highest BCUT2D eigenvalue weighted by Crippen LogP contribution is 2.33. The maximum absolute atomic E-state index is 12.7. The van der Waals surface area contributed by atoms with Crippen LogP contribution in [0.3, 0.4) is 0 Å². The number of urea groups is 1. The molecule has 0 aliphatic rings. The van der Waals surface area contributed by atoms with Crippen molar-refractivity contribution in [3.05, 3.63) is 51.2 Å². The number of benzene rings is 1. The molecule has 0 bridgehead atoms. The van der Waals surface area contributed by atoms with Crippen LogP contribution in [0.5, 0.6) is 0 Å². The van der Waals surface area contributed by atoms with Gasteiger partial charge in [0.25, 0.3) is 0 Å². The smallest absolute Gasteiger partial charge is 0.323 e. The molecule has 1 heterocycles. The maximum atomic E-state index is 12.7. The predicted octanol–water partition coefficient (Wildman–Crippen LogP) is 5.08. The summed E-state index contributed by atoms with van der Waals surface area (Å²) in [4.78, 5) is 13.4. The maximum Gasteiger partial charge on any atom is 0.416 e. The average Bonchev–Trinajstić information content (AvgIpc) is 2.92. The van der Waals surface area contributed by atoms with Crippen LogP contribution < -0.4 is 5.32 Å². The molecule has 1 N–H and O–H groups in total. The van der Waals surface area contributed by atoms with Crippen LogP contribution in [0, 0.1) is 0 Å². The van der Waals surface area contributed by atoms with Gasteiger partial charge in [0.1, 0.15) is 0 Å². The summed E-state index contributed by atoms with van der Waals surface area (Å²) < 4.78 is 38.0. The van der Waals surface area contributed by atoms with Crippen LogP contribution in [-0.2, 0) is 12.7 Å². The number of rotatable bonds is 3. The van der Waals surface area contributed by atoms with Gasteiger partial charge >= 0.3 is 12.2 Å². The molecule has 22 heavy (non-hydrogen) atoms. The largest absolute Gasteiger partial charge is 0.416 e. The Morgan fingerprint density at radius 2 is 2.09 bits per heavy atom. The lowest BCUT2D eigenvalue weighted by atomic mass is 10.2. The minimum Gasteiger partial charge on any atom is -0.323 e. The molecule has 0 radical (unpaired) electrons. The number of alkyl halides is 3. The summed E-state index contributed by atoms with van der Waals surface area (Å²) in [6, 6.07) is 4.13. The first kappa shape index (κ1) is 16.6. The van der Waals surface area contributed by atoms with Crippen molar-refractivity contribution in [3.8, 4) is 0 Å². The summed E-state index contributed by atoms with van der Waals surface area (Å²) in [5.41, 5.74) is 0.00383. The van der Waals surface area contributed by atoms with E-state index in [1.807, 2.05) is 16.8 Å². The first-order chi connectivity index (χ1) is 10.3. The van der Waals surface area contributed by atoms with Crippen molar-refractivity contribution in [2.45, 2.75) is 12.7 Å². The molecule has 0 saturated heterocycles. The number of carbonyl (C=O) groups excluding carboxylic acids is 1. The molecule has 1 aromatic carbocycles. The average molecular weight is 349 g/mol. The monoisotopic (exact) mass is 348 g/mol. The minimum absolute atomic E-state index is 0.0466. The number of thiophene rings is 1. The molecule has 0 saturated carbocycles. The highest BCUT2D eigenvalue weighted by molar-refractivity contribution is 7.07. The molecule has 0 aliphatic heterocycles. The quantitative estimate of drug-likeness (QED) is 0.823. The molecule has 0 aliphatic carbocycles. The molecule has 8 heteroatoms. The highest BCUT2D eigenvalue weighted by atomic mass is 35.5. The third-order valence-corrected chi connectivity index (χ3v) is 3.94. The summed E-state index contributed by atoms with van der Waals surface area (Å²) in [6.45, 7) is 0.353. The Hall–Kier alpha value is -1.73. The number of nitrogens with zero attached hydrogens (tertiary/aromatic N) is 1. The Kier molecular flexibility index (Phi) is 4.97. The Bertz CT molecular complexity index is 659. The summed E-state index contributed by atoms with van der Waals surface area (Å²) in [7, 11) is 1.55. The van der Waals surface area contributed by atoms with E-state index in [0.717, 1.165) is 23.8 Å². The van der Waals surface area contributed by atoms with E-state index in [9.17, 15) is 18.0 Å². The predicted molar refractivity (Wildman–Crippen MR) is 81.3 cm³/mol. The van der Waals surface area contributed by atoms with Gasteiger partial charge < -0.3 is 10.2 Å². The van der Waals surface area contributed by atoms with Crippen molar-refractivity contribution in [3.63, 3.8) is 0 Å². The van der Waals surface area contributed by atoms with Gasteiger partial charge in [-0.3, -0.25) is 0 Å². The zero-order valence-electron chi connectivity index (χ0n) is 11.4. The lowest BCUT2D eigenvalue weighted by Gasteiger charge is -2.18. The van der Waals surface area contributed by atoms with Gasteiger partial charge in [-0.1, -0.05) is 11.6 Å². The van der Waals surface area contributed by atoms with Crippen molar-refractivity contribution >= 4 is 34.7 Å². The fourth-order valence-electron chi connectivity index (χ4n) is 1.74. The molecule has 3 nitrogen and oxygen atoms in total. The zero-order valence-corrected chi connectivity index (χ0v) is 13.0. The SMILES string of the molecule is CN(Cc1ccsc1)C(=O)Nc1cc(C(F)(F)F)ccc1Cl. The summed E-state index contributed by atoms with van der Waals surface area (Å²) >= 11 is 7.34. The number of nitrogens with one attached hydrogen (secondary N) is 1. The van der Waals surface area contributed by atoms with Gasteiger partial charge in [0.2, 0.25) is 0 Å². The third kappa shape index (κ3) is 4.14. The number of carbonyl (C=O) groups is 1. The fourth-order valence-corrected chi connectivity index (χ4v) is 2.56. The lowest BCUT2D eigenvalue weighted by Crippen LogP contribution is -2.30. The summed E-state index contributed by atoms with van der Waals surface area (Å²) in [6.07, 6.45) is -4.49. The molecular formula is C14H12ClF3N2OS. The number of halogens is 4. The van der Waals surface area contributed by atoms with Gasteiger partial charge in [0, 0.05) is 13.6 Å². The molecule has 118 valence electrons. The summed E-state index contributed by atoms with van der Waals surface area (Å²) in [5.74, 6) is 0. The summed E-state index contributed by atoms with van der Waals surface area (Å²) in [5, 5.41) is 6.21. The van der Waals surface area contributed by atoms with E-state index in [0.29, 0.717) is 6.54 Å². The zero-order chi connectivity index (χ0) is 16.3. The van der Waals surface area contributed by atoms with Crippen molar-refractivity contribution in [1.82, 2.24) is 4.90 Å². The number of hydrogen-bond donors (Lipinski definition) is 1. The third-order valence-electron chi connectivity index (χ3n) is 2.88. The van der Waals surface area contributed by atoms with E-state index in [1.54, 1.807) is 7.05 Å². The molecule has 0 fully saturated rings.